The summed E-state index contributed by atoms with van der Waals surface area (Å²) >= 11 is 3.16. The van der Waals surface area contributed by atoms with Gasteiger partial charge in [-0.1, -0.05) is 29.8 Å². The summed E-state index contributed by atoms with van der Waals surface area (Å²) < 4.78 is 14.5. The Kier molecular flexibility index (Phi) is 3.76. The first-order chi connectivity index (χ1) is 8.95. The number of rotatable bonds is 3. The minimum absolute atomic E-state index is 0.0435. The van der Waals surface area contributed by atoms with Gasteiger partial charge >= 0.3 is 0 Å². The summed E-state index contributed by atoms with van der Waals surface area (Å²) in [6, 6.07) is 4.33. The van der Waals surface area contributed by atoms with E-state index in [2.05, 4.69) is 15.9 Å². The predicted molar refractivity (Wildman–Crippen MR) is 74.2 cm³/mol. The van der Waals surface area contributed by atoms with Crippen molar-refractivity contribution in [3.63, 3.8) is 0 Å². The fourth-order valence-electron chi connectivity index (χ4n) is 2.50. The number of carbonyl (C=O) groups excluding carboxylic acids is 2. The summed E-state index contributed by atoms with van der Waals surface area (Å²) in [6.45, 7) is 3.77. The van der Waals surface area contributed by atoms with Gasteiger partial charge in [0.1, 0.15) is 5.82 Å². The summed E-state index contributed by atoms with van der Waals surface area (Å²) in [5.74, 6) is -1.18. The number of nitrogens with zero attached hydrogens (tertiary/aromatic N) is 1. The van der Waals surface area contributed by atoms with E-state index in [0.717, 1.165) is 4.90 Å². The molecule has 0 radical (unpaired) electrons. The van der Waals surface area contributed by atoms with Gasteiger partial charge in [0.15, 0.2) is 0 Å². The number of imide groups is 1. The second kappa shape index (κ2) is 5.04. The highest BCUT2D eigenvalue weighted by atomic mass is 79.9. The van der Waals surface area contributed by atoms with Crippen LogP contribution in [-0.4, -0.2) is 11.8 Å². The second-order valence-corrected chi connectivity index (χ2v) is 5.71. The van der Waals surface area contributed by atoms with Crippen molar-refractivity contribution in [1.29, 1.82) is 0 Å². The Balaban J connectivity index is 2.46. The Morgan fingerprint density at radius 3 is 2.42 bits per heavy atom. The lowest BCUT2D eigenvalue weighted by Gasteiger charge is -2.23. The molecule has 19 heavy (non-hydrogen) atoms. The molecule has 0 aromatic heterocycles. The maximum Gasteiger partial charge on any atom is 0.240 e. The predicted octanol–water partition coefficient (Wildman–Crippen LogP) is 3.66. The molecular weight excluding hydrogens is 313 g/mol. The summed E-state index contributed by atoms with van der Waals surface area (Å²) in [5.41, 5.74) is -0.627. The summed E-state index contributed by atoms with van der Waals surface area (Å²) in [5, 5.41) is 0. The monoisotopic (exact) mass is 327 g/mol. The summed E-state index contributed by atoms with van der Waals surface area (Å²) in [6.07, 6.45) is 1.33. The molecule has 0 atom stereocenters. The van der Waals surface area contributed by atoms with Crippen LogP contribution in [-0.2, 0) is 9.59 Å². The van der Waals surface area contributed by atoms with E-state index in [4.69, 9.17) is 0 Å². The number of anilines is 1. The van der Waals surface area contributed by atoms with Crippen LogP contribution in [0.4, 0.5) is 10.1 Å². The molecule has 0 aliphatic carbocycles. The van der Waals surface area contributed by atoms with Crippen molar-refractivity contribution in [1.82, 2.24) is 0 Å². The zero-order chi connectivity index (χ0) is 14.2. The van der Waals surface area contributed by atoms with Crippen LogP contribution in [0.5, 0.6) is 0 Å². The maximum atomic E-state index is 13.9. The van der Waals surface area contributed by atoms with Crippen LogP contribution < -0.4 is 4.90 Å². The Bertz CT molecular complexity index is 540. The quantitative estimate of drug-likeness (QED) is 0.794. The van der Waals surface area contributed by atoms with Crippen molar-refractivity contribution in [2.45, 2.75) is 33.1 Å². The van der Waals surface area contributed by atoms with E-state index in [9.17, 15) is 14.0 Å². The number of hydrogen-bond acceptors (Lipinski definition) is 2. The van der Waals surface area contributed by atoms with Crippen molar-refractivity contribution in [2.24, 2.45) is 5.41 Å². The van der Waals surface area contributed by atoms with E-state index in [0.29, 0.717) is 17.3 Å². The molecular formula is C14H15BrFNO2. The molecule has 3 nitrogen and oxygen atoms in total. The molecule has 0 spiro atoms. The third-order valence-corrected chi connectivity index (χ3v) is 4.39. The highest BCUT2D eigenvalue weighted by molar-refractivity contribution is 9.10. The SMILES string of the molecule is CCC1(CC)CC(=O)N(c2ccc(Br)cc2F)C1=O. The molecule has 1 aliphatic rings. The molecule has 2 rings (SSSR count). The molecule has 1 aromatic carbocycles. The van der Waals surface area contributed by atoms with E-state index >= 15 is 0 Å². The van der Waals surface area contributed by atoms with Crippen LogP contribution >= 0.6 is 15.9 Å². The molecule has 0 bridgehead atoms. The number of hydrogen-bond donors (Lipinski definition) is 0. The zero-order valence-corrected chi connectivity index (χ0v) is 12.5. The van der Waals surface area contributed by atoms with Crippen LogP contribution in [0, 0.1) is 11.2 Å². The number of carbonyl (C=O) groups is 2. The Morgan fingerprint density at radius 1 is 1.32 bits per heavy atom. The first kappa shape index (κ1) is 14.2. The third kappa shape index (κ3) is 2.20. The first-order valence-corrected chi connectivity index (χ1v) is 7.07. The molecule has 1 fully saturated rings. The smallest absolute Gasteiger partial charge is 0.240 e. The van der Waals surface area contributed by atoms with E-state index < -0.39 is 11.2 Å². The van der Waals surface area contributed by atoms with E-state index in [1.54, 1.807) is 6.07 Å². The van der Waals surface area contributed by atoms with Gasteiger partial charge in [-0.3, -0.25) is 9.59 Å². The Morgan fingerprint density at radius 2 is 1.95 bits per heavy atom. The van der Waals surface area contributed by atoms with Crippen LogP contribution in [0.15, 0.2) is 22.7 Å². The lowest BCUT2D eigenvalue weighted by molar-refractivity contribution is -0.126. The summed E-state index contributed by atoms with van der Waals surface area (Å²) in [7, 11) is 0. The Labute approximate surface area is 119 Å². The molecule has 2 amide bonds. The third-order valence-electron chi connectivity index (χ3n) is 3.90. The van der Waals surface area contributed by atoms with Crippen LogP contribution in [0.3, 0.4) is 0 Å². The molecule has 0 saturated carbocycles. The van der Waals surface area contributed by atoms with Crippen molar-refractivity contribution < 1.29 is 14.0 Å². The summed E-state index contributed by atoms with van der Waals surface area (Å²) in [4.78, 5) is 25.5. The minimum Gasteiger partial charge on any atom is -0.274 e. The van der Waals surface area contributed by atoms with Crippen LogP contribution in [0.1, 0.15) is 33.1 Å². The normalized spacial score (nSPS) is 18.2. The molecule has 1 heterocycles. The lowest BCUT2D eigenvalue weighted by atomic mass is 9.81. The highest BCUT2D eigenvalue weighted by Crippen LogP contribution is 2.41. The van der Waals surface area contributed by atoms with Gasteiger partial charge in [-0.15, -0.1) is 0 Å². The van der Waals surface area contributed by atoms with Gasteiger partial charge in [0, 0.05) is 10.9 Å². The fraction of sp³-hybridized carbons (Fsp3) is 0.429. The van der Waals surface area contributed by atoms with Gasteiger partial charge in [0.2, 0.25) is 11.8 Å². The van der Waals surface area contributed by atoms with Gasteiger partial charge < -0.3 is 0 Å². The second-order valence-electron chi connectivity index (χ2n) is 4.79. The molecule has 1 aromatic rings. The van der Waals surface area contributed by atoms with Gasteiger partial charge in [-0.25, -0.2) is 9.29 Å². The minimum atomic E-state index is -0.670. The molecule has 5 heteroatoms. The van der Waals surface area contributed by atoms with Crippen molar-refractivity contribution >= 4 is 33.4 Å². The molecule has 1 aliphatic heterocycles. The van der Waals surface area contributed by atoms with Crippen molar-refractivity contribution in [3.05, 3.63) is 28.5 Å². The van der Waals surface area contributed by atoms with E-state index in [1.807, 2.05) is 13.8 Å². The van der Waals surface area contributed by atoms with Crippen LogP contribution in [0.25, 0.3) is 0 Å². The largest absolute Gasteiger partial charge is 0.274 e. The topological polar surface area (TPSA) is 37.4 Å². The van der Waals surface area contributed by atoms with Gasteiger partial charge in [-0.2, -0.15) is 0 Å². The van der Waals surface area contributed by atoms with Gasteiger partial charge in [0.25, 0.3) is 0 Å². The molecule has 0 unspecified atom stereocenters. The van der Waals surface area contributed by atoms with Gasteiger partial charge in [-0.05, 0) is 31.0 Å². The van der Waals surface area contributed by atoms with Gasteiger partial charge in [0.05, 0.1) is 11.1 Å². The number of benzene rings is 1. The van der Waals surface area contributed by atoms with E-state index in [1.165, 1.54) is 12.1 Å². The standard InChI is InChI=1S/C14H15BrFNO2/c1-3-14(4-2)8-12(18)17(13(14)19)11-6-5-9(15)7-10(11)16/h5-7H,3-4,8H2,1-2H3. The fourth-order valence-corrected chi connectivity index (χ4v) is 2.84. The lowest BCUT2D eigenvalue weighted by Crippen LogP contribution is -2.35. The maximum absolute atomic E-state index is 13.9. The number of halogens is 2. The number of amides is 2. The molecule has 0 N–H and O–H groups in total. The van der Waals surface area contributed by atoms with Crippen LogP contribution in [0.2, 0.25) is 0 Å². The average molecular weight is 328 g/mol. The van der Waals surface area contributed by atoms with Crippen molar-refractivity contribution in [3.8, 4) is 0 Å². The molecule has 1 saturated heterocycles. The Hall–Kier alpha value is -1.23. The van der Waals surface area contributed by atoms with E-state index in [-0.39, 0.29) is 23.9 Å². The average Bonchev–Trinajstić information content (AvgIpc) is 2.62. The first-order valence-electron chi connectivity index (χ1n) is 6.27. The highest BCUT2D eigenvalue weighted by Gasteiger charge is 2.50. The van der Waals surface area contributed by atoms with Crippen molar-refractivity contribution in [2.75, 3.05) is 4.90 Å². The zero-order valence-electron chi connectivity index (χ0n) is 10.9. The molecule has 102 valence electrons.